The van der Waals surface area contributed by atoms with Crippen molar-refractivity contribution in [3.8, 4) is 17.6 Å². The van der Waals surface area contributed by atoms with E-state index in [2.05, 4.69) is 27.4 Å². The highest BCUT2D eigenvalue weighted by Crippen LogP contribution is 2.43. The van der Waals surface area contributed by atoms with Crippen LogP contribution in [0.3, 0.4) is 0 Å². The lowest BCUT2D eigenvalue weighted by atomic mass is 9.99. The summed E-state index contributed by atoms with van der Waals surface area (Å²) < 4.78 is 7.54. The van der Waals surface area contributed by atoms with Crippen LogP contribution in [-0.2, 0) is 6.54 Å². The summed E-state index contributed by atoms with van der Waals surface area (Å²) >= 11 is 0. The summed E-state index contributed by atoms with van der Waals surface area (Å²) in [7, 11) is 1.67. The van der Waals surface area contributed by atoms with Crippen LogP contribution in [0.15, 0.2) is 59.6 Å². The van der Waals surface area contributed by atoms with E-state index in [4.69, 9.17) is 14.7 Å². The summed E-state index contributed by atoms with van der Waals surface area (Å²) in [4.78, 5) is 27.6. The molecule has 3 aromatic rings. The minimum Gasteiger partial charge on any atom is -0.497 e. The van der Waals surface area contributed by atoms with Crippen LogP contribution in [0.1, 0.15) is 60.0 Å². The number of amides is 1. The summed E-state index contributed by atoms with van der Waals surface area (Å²) in [6, 6.07) is 17.8. The lowest BCUT2D eigenvalue weighted by Crippen LogP contribution is -2.51. The van der Waals surface area contributed by atoms with Gasteiger partial charge in [-0.15, -0.1) is 0 Å². The fraction of sp³-hybridized carbons (Fsp3) is 0.345. The first-order chi connectivity index (χ1) is 17.6. The summed E-state index contributed by atoms with van der Waals surface area (Å²) in [6.45, 7) is 3.84. The fourth-order valence-electron chi connectivity index (χ4n) is 5.56. The molecule has 3 aliphatic rings. The third-order valence-electron chi connectivity index (χ3n) is 7.33. The number of aliphatic imine (C=N–C) groups is 1. The zero-order chi connectivity index (χ0) is 24.7. The van der Waals surface area contributed by atoms with E-state index in [9.17, 15) is 4.79 Å². The lowest BCUT2D eigenvalue weighted by Gasteiger charge is -2.34. The van der Waals surface area contributed by atoms with Crippen LogP contribution in [0.2, 0.25) is 0 Å². The van der Waals surface area contributed by atoms with Crippen LogP contribution < -0.4 is 9.64 Å². The number of anilines is 1. The number of imidazole rings is 1. The highest BCUT2D eigenvalue weighted by atomic mass is 16.5. The molecule has 0 radical (unpaired) electrons. The third kappa shape index (κ3) is 3.74. The molecule has 1 aromatic heterocycles. The Balaban J connectivity index is 1.51. The average Bonchev–Trinajstić information content (AvgIpc) is 3.61. The molecular weight excluding hydrogens is 450 g/mol. The number of hydrogen-bond acceptors (Lipinski definition) is 5. The Kier molecular flexibility index (Phi) is 5.52. The fourth-order valence-corrected chi connectivity index (χ4v) is 5.56. The molecule has 0 bridgehead atoms. The quantitative estimate of drug-likeness (QED) is 0.524. The Hall–Kier alpha value is -4.05. The largest absolute Gasteiger partial charge is 0.497 e. The number of rotatable bonds is 4. The van der Waals surface area contributed by atoms with Gasteiger partial charge in [-0.2, -0.15) is 0 Å². The van der Waals surface area contributed by atoms with E-state index in [0.717, 1.165) is 48.0 Å². The van der Waals surface area contributed by atoms with Crippen molar-refractivity contribution in [2.24, 2.45) is 4.99 Å². The highest BCUT2D eigenvalue weighted by Gasteiger charge is 2.49. The van der Waals surface area contributed by atoms with Gasteiger partial charge in [0.2, 0.25) is 5.96 Å². The first-order valence-electron chi connectivity index (χ1n) is 12.6. The van der Waals surface area contributed by atoms with E-state index < -0.39 is 0 Å². The molecule has 182 valence electrons. The number of benzene rings is 2. The van der Waals surface area contributed by atoms with Crippen molar-refractivity contribution in [2.75, 3.05) is 25.1 Å². The first-order valence-corrected chi connectivity index (χ1v) is 12.6. The minimum atomic E-state index is -0.119. The molecule has 0 unspecified atom stereocenters. The van der Waals surface area contributed by atoms with Crippen molar-refractivity contribution in [1.29, 1.82) is 0 Å². The Morgan fingerprint density at radius 3 is 2.61 bits per heavy atom. The van der Waals surface area contributed by atoms with Gasteiger partial charge in [-0.25, -0.2) is 9.98 Å². The highest BCUT2D eigenvalue weighted by molar-refractivity contribution is 6.18. The minimum absolute atomic E-state index is 0.107. The Morgan fingerprint density at radius 2 is 1.86 bits per heavy atom. The number of aromatic nitrogens is 2. The van der Waals surface area contributed by atoms with Crippen LogP contribution in [-0.4, -0.2) is 52.1 Å². The second-order valence-electron chi connectivity index (χ2n) is 9.64. The second kappa shape index (κ2) is 8.87. The Labute approximate surface area is 211 Å². The molecule has 3 heterocycles. The molecule has 1 spiro atoms. The van der Waals surface area contributed by atoms with Gasteiger partial charge in [-0.1, -0.05) is 49.1 Å². The van der Waals surface area contributed by atoms with Crippen LogP contribution >= 0.6 is 0 Å². The van der Waals surface area contributed by atoms with Gasteiger partial charge in [0.1, 0.15) is 11.6 Å². The Bertz CT molecular complexity index is 1410. The molecule has 36 heavy (non-hydrogen) atoms. The molecule has 0 atom stereocenters. The van der Waals surface area contributed by atoms with E-state index in [1.54, 1.807) is 12.0 Å². The van der Waals surface area contributed by atoms with Crippen molar-refractivity contribution in [1.82, 2.24) is 14.5 Å². The topological polar surface area (TPSA) is 63.0 Å². The number of carbonyl (C=O) groups is 1. The molecule has 1 saturated carbocycles. The van der Waals surface area contributed by atoms with Crippen molar-refractivity contribution in [2.45, 2.75) is 44.7 Å². The number of guanidine groups is 1. The van der Waals surface area contributed by atoms with E-state index >= 15 is 0 Å². The van der Waals surface area contributed by atoms with Gasteiger partial charge in [-0.3, -0.25) is 19.2 Å². The molecule has 1 fully saturated rings. The standard InChI is InChI=1S/C29H29N5O2/c1-3-32-27(35)25-26(34-20-29(31-28(32)34)16-7-8-17-29)33(19-22-12-9-13-23(18-22)36-2)24(30-25)15-14-21-10-5-4-6-11-21/h4-6,9-13,18H,3,7-8,16-17,19-20H2,1-2H3. The predicted molar refractivity (Wildman–Crippen MR) is 139 cm³/mol. The molecule has 7 nitrogen and oxygen atoms in total. The van der Waals surface area contributed by atoms with Gasteiger partial charge in [-0.05, 0) is 55.5 Å². The zero-order valence-corrected chi connectivity index (χ0v) is 20.7. The van der Waals surface area contributed by atoms with Crippen molar-refractivity contribution in [3.63, 3.8) is 0 Å². The average molecular weight is 480 g/mol. The van der Waals surface area contributed by atoms with E-state index in [1.165, 1.54) is 12.8 Å². The summed E-state index contributed by atoms with van der Waals surface area (Å²) in [5, 5.41) is 0. The number of hydrogen-bond donors (Lipinski definition) is 0. The second-order valence-corrected chi connectivity index (χ2v) is 9.64. The monoisotopic (exact) mass is 479 g/mol. The third-order valence-corrected chi connectivity index (χ3v) is 7.33. The number of methoxy groups -OCH3 is 1. The van der Waals surface area contributed by atoms with Crippen molar-refractivity contribution >= 4 is 17.7 Å². The van der Waals surface area contributed by atoms with E-state index in [1.807, 2.05) is 55.5 Å². The first kappa shape index (κ1) is 22.4. The van der Waals surface area contributed by atoms with Crippen LogP contribution in [0.5, 0.6) is 5.75 Å². The van der Waals surface area contributed by atoms with Crippen LogP contribution in [0, 0.1) is 11.8 Å². The van der Waals surface area contributed by atoms with Crippen LogP contribution in [0.4, 0.5) is 5.82 Å². The molecule has 7 heteroatoms. The lowest BCUT2D eigenvalue weighted by molar-refractivity contribution is 0.0841. The van der Waals surface area contributed by atoms with Crippen molar-refractivity contribution in [3.05, 3.63) is 77.2 Å². The maximum absolute atomic E-state index is 13.7. The summed E-state index contributed by atoms with van der Waals surface area (Å²) in [5.74, 6) is 9.31. The molecule has 0 saturated heterocycles. The van der Waals surface area contributed by atoms with Gasteiger partial charge in [0, 0.05) is 12.1 Å². The molecule has 2 aromatic carbocycles. The van der Waals surface area contributed by atoms with Crippen molar-refractivity contribution < 1.29 is 9.53 Å². The molecular formula is C29H29N5O2. The SMILES string of the molecule is CCN1C(=O)c2nc(C#Cc3ccccc3)n(Cc3cccc(OC)c3)c2N2CC3(CCCC3)N=C12. The molecule has 2 aliphatic heterocycles. The maximum atomic E-state index is 13.7. The maximum Gasteiger partial charge on any atom is 0.283 e. The normalized spacial score (nSPS) is 17.5. The smallest absolute Gasteiger partial charge is 0.283 e. The van der Waals surface area contributed by atoms with Gasteiger partial charge in [0.25, 0.3) is 5.91 Å². The molecule has 0 N–H and O–H groups in total. The number of carbonyl (C=O) groups excluding carboxylic acids is 1. The molecule has 1 aliphatic carbocycles. The summed E-state index contributed by atoms with van der Waals surface area (Å²) in [6.07, 6.45) is 4.46. The number of fused-ring (bicyclic) bond motifs is 3. The van der Waals surface area contributed by atoms with E-state index in [0.29, 0.717) is 24.6 Å². The summed E-state index contributed by atoms with van der Waals surface area (Å²) in [5.41, 5.74) is 2.29. The zero-order valence-electron chi connectivity index (χ0n) is 20.7. The Morgan fingerprint density at radius 1 is 1.06 bits per heavy atom. The predicted octanol–water partition coefficient (Wildman–Crippen LogP) is 4.30. The van der Waals surface area contributed by atoms with Gasteiger partial charge in [0.05, 0.1) is 25.7 Å². The number of nitrogens with zero attached hydrogens (tertiary/aromatic N) is 5. The molecule has 1 amide bonds. The molecule has 6 rings (SSSR count). The van der Waals surface area contributed by atoms with Crippen LogP contribution in [0.25, 0.3) is 0 Å². The van der Waals surface area contributed by atoms with Gasteiger partial charge < -0.3 is 4.74 Å². The van der Waals surface area contributed by atoms with E-state index in [-0.39, 0.29) is 11.4 Å². The van der Waals surface area contributed by atoms with Gasteiger partial charge >= 0.3 is 0 Å². The van der Waals surface area contributed by atoms with Gasteiger partial charge in [0.15, 0.2) is 11.5 Å². The number of ether oxygens (including phenoxy) is 1.